The summed E-state index contributed by atoms with van der Waals surface area (Å²) >= 11 is 5.30. The third-order valence-corrected chi connectivity index (χ3v) is 9.35. The Bertz CT molecular complexity index is 1550. The topological polar surface area (TPSA) is 78.0 Å². The van der Waals surface area contributed by atoms with E-state index in [-0.39, 0.29) is 11.5 Å². The molecular formula is C30H35BrN6O2S. The Kier molecular flexibility index (Phi) is 8.65. The van der Waals surface area contributed by atoms with Crippen LogP contribution in [0.3, 0.4) is 0 Å². The molecule has 1 aliphatic rings. The summed E-state index contributed by atoms with van der Waals surface area (Å²) in [7, 11) is 1.90. The van der Waals surface area contributed by atoms with Gasteiger partial charge in [-0.3, -0.25) is 18.8 Å². The number of hydrogen-bond acceptors (Lipinski definition) is 5. The molecule has 5 rings (SSSR count). The minimum atomic E-state index is -0.127. The highest BCUT2D eigenvalue weighted by Crippen LogP contribution is 2.34. The normalized spacial score (nSPS) is 14.3. The molecule has 10 heteroatoms. The zero-order chi connectivity index (χ0) is 28.4. The molecule has 0 unspecified atom stereocenters. The number of halogens is 1. The van der Waals surface area contributed by atoms with E-state index in [4.69, 9.17) is 0 Å². The molecular weight excluding hydrogens is 588 g/mol. The van der Waals surface area contributed by atoms with E-state index < -0.39 is 0 Å². The predicted octanol–water partition coefficient (Wildman–Crippen LogP) is 5.87. The minimum Gasteiger partial charge on any atom is -0.343 e. The van der Waals surface area contributed by atoms with E-state index >= 15 is 0 Å². The number of benzene rings is 2. The molecule has 8 nitrogen and oxygen atoms in total. The molecule has 1 saturated heterocycles. The van der Waals surface area contributed by atoms with Crippen LogP contribution in [-0.4, -0.2) is 53.8 Å². The van der Waals surface area contributed by atoms with Crippen molar-refractivity contribution in [2.24, 2.45) is 18.9 Å². The van der Waals surface area contributed by atoms with E-state index in [1.807, 2.05) is 82.7 Å². The zero-order valence-electron chi connectivity index (χ0n) is 23.4. The van der Waals surface area contributed by atoms with Gasteiger partial charge in [-0.2, -0.15) is 0 Å². The van der Waals surface area contributed by atoms with Crippen LogP contribution in [0, 0.1) is 18.8 Å². The summed E-state index contributed by atoms with van der Waals surface area (Å²) in [5, 5.41) is 9.88. The summed E-state index contributed by atoms with van der Waals surface area (Å²) in [6, 6.07) is 17.5. The number of para-hydroxylation sites is 1. The lowest BCUT2D eigenvalue weighted by Crippen LogP contribution is -2.39. The van der Waals surface area contributed by atoms with Gasteiger partial charge >= 0.3 is 0 Å². The van der Waals surface area contributed by atoms with Crippen LogP contribution >= 0.6 is 27.7 Å². The first kappa shape index (κ1) is 28.4. The molecule has 0 aliphatic carbocycles. The molecule has 4 aromatic rings. The second-order valence-corrected chi connectivity index (χ2v) is 12.6. The maximum absolute atomic E-state index is 14.0. The second kappa shape index (κ2) is 12.2. The van der Waals surface area contributed by atoms with Crippen molar-refractivity contribution in [2.75, 3.05) is 18.8 Å². The molecule has 1 fully saturated rings. The summed E-state index contributed by atoms with van der Waals surface area (Å²) in [4.78, 5) is 28.5. The molecule has 1 aliphatic heterocycles. The van der Waals surface area contributed by atoms with Crippen LogP contribution < -0.4 is 5.56 Å². The standard InChI is InChI=1S/C30H35BrN6O2S/c1-20(2)18-26(38)35-16-14-22(15-17-35)19-40-30-33-32-28(24-12-8-9-13-25(24)31)36(30)27-21(3)34(4)37(29(27)39)23-10-6-5-7-11-23/h5-13,20,22H,14-19H2,1-4H3. The van der Waals surface area contributed by atoms with Crippen molar-refractivity contribution in [1.29, 1.82) is 0 Å². The van der Waals surface area contributed by atoms with E-state index in [1.54, 1.807) is 16.4 Å². The van der Waals surface area contributed by atoms with Crippen molar-refractivity contribution in [3.63, 3.8) is 0 Å². The number of nitrogens with zero attached hydrogens (tertiary/aromatic N) is 6. The first-order valence-electron chi connectivity index (χ1n) is 13.7. The lowest BCUT2D eigenvalue weighted by atomic mass is 9.98. The number of piperidine rings is 1. The van der Waals surface area contributed by atoms with Gasteiger partial charge in [0.2, 0.25) is 5.91 Å². The number of hydrogen-bond donors (Lipinski definition) is 0. The largest absolute Gasteiger partial charge is 0.343 e. The zero-order valence-corrected chi connectivity index (χ0v) is 25.8. The number of rotatable bonds is 8. The molecule has 0 spiro atoms. The lowest BCUT2D eigenvalue weighted by Gasteiger charge is -2.32. The quantitative estimate of drug-likeness (QED) is 0.230. The summed E-state index contributed by atoms with van der Waals surface area (Å²) in [6.07, 6.45) is 2.54. The SMILES string of the molecule is Cc1c(-n2c(SCC3CCN(C(=O)CC(C)C)CC3)nnc2-c2ccccc2Br)c(=O)n(-c2ccccc2)n1C. The van der Waals surface area contributed by atoms with Crippen molar-refractivity contribution < 1.29 is 4.79 Å². The van der Waals surface area contributed by atoms with Gasteiger partial charge in [-0.05, 0) is 49.8 Å². The molecule has 2 aromatic carbocycles. The van der Waals surface area contributed by atoms with Crippen LogP contribution in [0.5, 0.6) is 0 Å². The molecule has 0 radical (unpaired) electrons. The summed E-state index contributed by atoms with van der Waals surface area (Å²) < 4.78 is 6.38. The van der Waals surface area contributed by atoms with Crippen LogP contribution in [0.4, 0.5) is 0 Å². The molecule has 3 heterocycles. The first-order chi connectivity index (χ1) is 19.3. The third kappa shape index (κ3) is 5.69. The van der Waals surface area contributed by atoms with Crippen LogP contribution in [0.15, 0.2) is 69.0 Å². The van der Waals surface area contributed by atoms with Crippen LogP contribution in [0.2, 0.25) is 0 Å². The Hall–Kier alpha value is -3.11. The molecule has 1 amide bonds. The maximum atomic E-state index is 14.0. The number of likely N-dealkylation sites (tertiary alicyclic amines) is 1. The van der Waals surface area contributed by atoms with Gasteiger partial charge in [-0.25, -0.2) is 4.68 Å². The number of thioether (sulfide) groups is 1. The van der Waals surface area contributed by atoms with Gasteiger partial charge in [0.25, 0.3) is 5.56 Å². The third-order valence-electron chi connectivity index (χ3n) is 7.49. The van der Waals surface area contributed by atoms with Gasteiger partial charge in [0, 0.05) is 42.3 Å². The number of carbonyl (C=O) groups excluding carboxylic acids is 1. The van der Waals surface area contributed by atoms with Gasteiger partial charge < -0.3 is 4.90 Å². The summed E-state index contributed by atoms with van der Waals surface area (Å²) in [5.74, 6) is 2.56. The fraction of sp³-hybridized carbons (Fsp3) is 0.400. The van der Waals surface area contributed by atoms with Crippen molar-refractivity contribution in [3.05, 3.63) is 75.1 Å². The molecule has 0 saturated carbocycles. The Morgan fingerprint density at radius 2 is 1.73 bits per heavy atom. The highest BCUT2D eigenvalue weighted by molar-refractivity contribution is 9.10. The average Bonchev–Trinajstić information content (AvgIpc) is 3.44. The number of carbonyl (C=O) groups is 1. The number of aromatic nitrogens is 5. The Morgan fingerprint density at radius 3 is 2.40 bits per heavy atom. The predicted molar refractivity (Wildman–Crippen MR) is 163 cm³/mol. The monoisotopic (exact) mass is 622 g/mol. The van der Waals surface area contributed by atoms with Crippen molar-refractivity contribution in [1.82, 2.24) is 29.0 Å². The van der Waals surface area contributed by atoms with E-state index in [1.165, 1.54) is 0 Å². The van der Waals surface area contributed by atoms with Gasteiger partial charge in [-0.1, -0.05) is 77.9 Å². The summed E-state index contributed by atoms with van der Waals surface area (Å²) in [5.41, 5.74) is 2.90. The fourth-order valence-corrected chi connectivity index (χ4v) is 6.80. The Morgan fingerprint density at radius 1 is 1.05 bits per heavy atom. The molecule has 40 heavy (non-hydrogen) atoms. The summed E-state index contributed by atoms with van der Waals surface area (Å²) in [6.45, 7) is 7.72. The van der Waals surface area contributed by atoms with Crippen LogP contribution in [0.25, 0.3) is 22.8 Å². The van der Waals surface area contributed by atoms with Crippen LogP contribution in [-0.2, 0) is 11.8 Å². The smallest absolute Gasteiger partial charge is 0.296 e. The van der Waals surface area contributed by atoms with Gasteiger partial charge in [-0.15, -0.1) is 10.2 Å². The van der Waals surface area contributed by atoms with Gasteiger partial charge in [0.1, 0.15) is 5.69 Å². The van der Waals surface area contributed by atoms with E-state index in [0.717, 1.165) is 53.1 Å². The van der Waals surface area contributed by atoms with Gasteiger partial charge in [0.15, 0.2) is 11.0 Å². The molecule has 0 atom stereocenters. The van der Waals surface area contributed by atoms with Crippen molar-refractivity contribution in [3.8, 4) is 22.8 Å². The number of amides is 1. The van der Waals surface area contributed by atoms with Gasteiger partial charge in [0.05, 0.1) is 11.4 Å². The Labute approximate surface area is 247 Å². The van der Waals surface area contributed by atoms with E-state index in [2.05, 4.69) is 40.0 Å². The Balaban J connectivity index is 1.48. The molecule has 0 N–H and O–H groups in total. The molecule has 2 aromatic heterocycles. The molecule has 0 bridgehead atoms. The highest BCUT2D eigenvalue weighted by Gasteiger charge is 2.28. The van der Waals surface area contributed by atoms with E-state index in [0.29, 0.717) is 34.9 Å². The minimum absolute atomic E-state index is 0.127. The first-order valence-corrected chi connectivity index (χ1v) is 15.5. The lowest BCUT2D eigenvalue weighted by molar-refractivity contribution is -0.133. The van der Waals surface area contributed by atoms with E-state index in [9.17, 15) is 9.59 Å². The average molecular weight is 624 g/mol. The second-order valence-electron chi connectivity index (χ2n) is 10.8. The molecule has 210 valence electrons. The highest BCUT2D eigenvalue weighted by atomic mass is 79.9. The van der Waals surface area contributed by atoms with Crippen LogP contribution in [0.1, 0.15) is 38.8 Å². The van der Waals surface area contributed by atoms with Crippen molar-refractivity contribution in [2.45, 2.75) is 45.2 Å². The maximum Gasteiger partial charge on any atom is 0.296 e. The fourth-order valence-electron chi connectivity index (χ4n) is 5.21. The van der Waals surface area contributed by atoms with Crippen molar-refractivity contribution >= 4 is 33.6 Å².